The van der Waals surface area contributed by atoms with Crippen molar-refractivity contribution in [3.8, 4) is 0 Å². The molecular weight excluding hydrogens is 144 g/mol. The second-order valence-corrected chi connectivity index (χ2v) is 4.30. The van der Waals surface area contributed by atoms with Crippen LogP contribution in [0.25, 0.3) is 0 Å². The Morgan fingerprint density at radius 1 is 1.25 bits per heavy atom. The average molecular weight is 162 g/mol. The van der Waals surface area contributed by atoms with E-state index in [0.29, 0.717) is 0 Å². The summed E-state index contributed by atoms with van der Waals surface area (Å²) in [5, 5.41) is 0. The van der Waals surface area contributed by atoms with Crippen LogP contribution in [0.2, 0.25) is 0 Å². The molecule has 0 nitrogen and oxygen atoms in total. The van der Waals surface area contributed by atoms with Gasteiger partial charge < -0.3 is 0 Å². The van der Waals surface area contributed by atoms with Gasteiger partial charge in [0.1, 0.15) is 0 Å². The van der Waals surface area contributed by atoms with Crippen molar-refractivity contribution < 1.29 is 0 Å². The summed E-state index contributed by atoms with van der Waals surface area (Å²) < 4.78 is 0. The van der Waals surface area contributed by atoms with Gasteiger partial charge in [0.15, 0.2) is 0 Å². The Kier molecular flexibility index (Phi) is 2.34. The van der Waals surface area contributed by atoms with Crippen LogP contribution in [0.1, 0.15) is 39.0 Å². The molecule has 2 atom stereocenters. The quantitative estimate of drug-likeness (QED) is 0.476. The monoisotopic (exact) mass is 162 g/mol. The fourth-order valence-electron chi connectivity index (χ4n) is 2.25. The van der Waals surface area contributed by atoms with E-state index in [0.717, 1.165) is 11.8 Å². The van der Waals surface area contributed by atoms with Gasteiger partial charge in [0.25, 0.3) is 0 Å². The highest BCUT2D eigenvalue weighted by Gasteiger charge is 2.15. The van der Waals surface area contributed by atoms with E-state index in [1.165, 1.54) is 32.1 Å². The molecule has 2 aliphatic rings. The second-order valence-electron chi connectivity index (χ2n) is 4.30. The second kappa shape index (κ2) is 3.47. The van der Waals surface area contributed by atoms with Gasteiger partial charge in [-0.15, -0.1) is 0 Å². The predicted molar refractivity (Wildman–Crippen MR) is 53.0 cm³/mol. The number of fused-ring (bicyclic) bond motifs is 2. The van der Waals surface area contributed by atoms with Gasteiger partial charge in [0, 0.05) is 0 Å². The Morgan fingerprint density at radius 2 is 2.17 bits per heavy atom. The Bertz CT molecular complexity index is 210. The van der Waals surface area contributed by atoms with Gasteiger partial charge in [-0.3, -0.25) is 0 Å². The maximum Gasteiger partial charge on any atom is -0.0193 e. The van der Waals surface area contributed by atoms with Crippen molar-refractivity contribution >= 4 is 0 Å². The third kappa shape index (κ3) is 1.80. The highest BCUT2D eigenvalue weighted by Crippen LogP contribution is 2.31. The van der Waals surface area contributed by atoms with E-state index in [1.807, 2.05) is 0 Å². The molecule has 0 saturated carbocycles. The summed E-state index contributed by atoms with van der Waals surface area (Å²) >= 11 is 0. The Balaban J connectivity index is 2.13. The van der Waals surface area contributed by atoms with Crippen molar-refractivity contribution in [2.45, 2.75) is 39.0 Å². The maximum atomic E-state index is 2.47. The summed E-state index contributed by atoms with van der Waals surface area (Å²) in [4.78, 5) is 0. The minimum Gasteiger partial charge on any atom is -0.0854 e. The lowest BCUT2D eigenvalue weighted by atomic mass is 9.82. The predicted octanol–water partition coefficient (Wildman–Crippen LogP) is 3.70. The maximum absolute atomic E-state index is 2.47. The van der Waals surface area contributed by atoms with Gasteiger partial charge in [0.05, 0.1) is 0 Å². The van der Waals surface area contributed by atoms with Gasteiger partial charge in [-0.05, 0) is 43.9 Å². The molecular formula is C12H18. The molecule has 12 heavy (non-hydrogen) atoms. The molecule has 0 spiro atoms. The van der Waals surface area contributed by atoms with Gasteiger partial charge >= 0.3 is 0 Å². The molecule has 0 heterocycles. The zero-order chi connectivity index (χ0) is 8.39. The molecule has 0 heteroatoms. The number of hydrogen-bond donors (Lipinski definition) is 0. The van der Waals surface area contributed by atoms with Crippen LogP contribution in [0.15, 0.2) is 23.8 Å². The van der Waals surface area contributed by atoms with E-state index in [-0.39, 0.29) is 0 Å². The Labute approximate surface area is 75.4 Å². The van der Waals surface area contributed by atoms with E-state index in [2.05, 4.69) is 25.2 Å². The molecule has 66 valence electrons. The van der Waals surface area contributed by atoms with Crippen LogP contribution in [-0.4, -0.2) is 0 Å². The smallest absolute Gasteiger partial charge is 0.0193 e. The van der Waals surface area contributed by atoms with Crippen molar-refractivity contribution in [3.05, 3.63) is 23.8 Å². The van der Waals surface area contributed by atoms with Crippen molar-refractivity contribution in [2.24, 2.45) is 11.8 Å². The van der Waals surface area contributed by atoms with Crippen molar-refractivity contribution in [1.29, 1.82) is 0 Å². The first-order valence-electron chi connectivity index (χ1n) is 5.21. The molecule has 2 unspecified atom stereocenters. The normalized spacial score (nSPS) is 35.2. The minimum atomic E-state index is 0.800. The first-order valence-corrected chi connectivity index (χ1v) is 5.21. The molecule has 0 aliphatic heterocycles. The summed E-state index contributed by atoms with van der Waals surface area (Å²) in [6, 6.07) is 0. The van der Waals surface area contributed by atoms with Crippen LogP contribution in [0.3, 0.4) is 0 Å². The third-order valence-corrected chi connectivity index (χ3v) is 3.13. The minimum absolute atomic E-state index is 0.800. The van der Waals surface area contributed by atoms with Crippen LogP contribution in [0.5, 0.6) is 0 Å². The standard InChI is InChI=1S/C12H18/c1-10-5-7-11-3-2-4-12(9-11)8-6-10/h3,6,8,10,12H,2,4-5,7,9H2,1H3. The molecule has 0 aromatic rings. The lowest BCUT2D eigenvalue weighted by Crippen LogP contribution is -2.08. The summed E-state index contributed by atoms with van der Waals surface area (Å²) in [5.41, 5.74) is 1.72. The van der Waals surface area contributed by atoms with Crippen LogP contribution >= 0.6 is 0 Å². The Morgan fingerprint density at radius 3 is 3.08 bits per heavy atom. The largest absolute Gasteiger partial charge is 0.0854 e. The van der Waals surface area contributed by atoms with E-state index in [1.54, 1.807) is 5.57 Å². The third-order valence-electron chi connectivity index (χ3n) is 3.13. The van der Waals surface area contributed by atoms with Crippen LogP contribution in [-0.2, 0) is 0 Å². The molecule has 0 aromatic heterocycles. The van der Waals surface area contributed by atoms with E-state index >= 15 is 0 Å². The lowest BCUT2D eigenvalue weighted by Gasteiger charge is -2.23. The molecule has 2 aliphatic carbocycles. The van der Waals surface area contributed by atoms with Crippen LogP contribution in [0, 0.1) is 11.8 Å². The summed E-state index contributed by atoms with van der Waals surface area (Å²) in [6.07, 6.45) is 14.1. The van der Waals surface area contributed by atoms with Crippen LogP contribution < -0.4 is 0 Å². The van der Waals surface area contributed by atoms with Gasteiger partial charge in [-0.25, -0.2) is 0 Å². The van der Waals surface area contributed by atoms with Crippen molar-refractivity contribution in [3.63, 3.8) is 0 Å². The topological polar surface area (TPSA) is 0 Å². The molecule has 0 amide bonds. The molecule has 0 fully saturated rings. The number of hydrogen-bond acceptors (Lipinski definition) is 0. The van der Waals surface area contributed by atoms with Crippen LogP contribution in [0.4, 0.5) is 0 Å². The molecule has 0 aromatic carbocycles. The average Bonchev–Trinajstić information content (AvgIpc) is 2.11. The number of rotatable bonds is 0. The molecule has 0 radical (unpaired) electrons. The van der Waals surface area contributed by atoms with Gasteiger partial charge in [-0.1, -0.05) is 30.7 Å². The Hall–Kier alpha value is -0.520. The SMILES string of the molecule is CC1C=CC2CCC=C(CC1)C2. The van der Waals surface area contributed by atoms with Gasteiger partial charge in [0.2, 0.25) is 0 Å². The zero-order valence-electron chi connectivity index (χ0n) is 7.92. The molecule has 0 N–H and O–H groups in total. The number of allylic oxidation sites excluding steroid dienone is 4. The van der Waals surface area contributed by atoms with Gasteiger partial charge in [-0.2, -0.15) is 0 Å². The fraction of sp³-hybridized carbons (Fsp3) is 0.667. The first-order chi connectivity index (χ1) is 5.84. The fourth-order valence-corrected chi connectivity index (χ4v) is 2.25. The lowest BCUT2D eigenvalue weighted by molar-refractivity contribution is 0.509. The van der Waals surface area contributed by atoms with Crippen molar-refractivity contribution in [2.75, 3.05) is 0 Å². The summed E-state index contributed by atoms with van der Waals surface area (Å²) in [5.74, 6) is 1.67. The van der Waals surface area contributed by atoms with E-state index in [4.69, 9.17) is 0 Å². The molecule has 2 bridgehead atoms. The summed E-state index contributed by atoms with van der Waals surface area (Å²) in [6.45, 7) is 2.33. The van der Waals surface area contributed by atoms with Crippen molar-refractivity contribution in [1.82, 2.24) is 0 Å². The first kappa shape index (κ1) is 8.10. The molecule has 0 saturated heterocycles. The summed E-state index contributed by atoms with van der Waals surface area (Å²) in [7, 11) is 0. The van der Waals surface area contributed by atoms with E-state index < -0.39 is 0 Å². The highest BCUT2D eigenvalue weighted by molar-refractivity contribution is 5.12. The van der Waals surface area contributed by atoms with E-state index in [9.17, 15) is 0 Å². The molecule has 2 rings (SSSR count). The highest BCUT2D eigenvalue weighted by atomic mass is 14.2. The zero-order valence-corrected chi connectivity index (χ0v) is 7.92.